The Bertz CT molecular complexity index is 306. The van der Waals surface area contributed by atoms with Gasteiger partial charge in [-0.15, -0.1) is 0 Å². The molecule has 1 unspecified atom stereocenters. The third-order valence-electron chi connectivity index (χ3n) is 1.84. The Balaban J connectivity index is -0.000000534. The van der Waals surface area contributed by atoms with Crippen LogP contribution in [0, 0.1) is 6.92 Å². The number of halogens is 4. The number of nitrogens with zero attached hydrogens (tertiary/aromatic N) is 1. The molecular weight excluding hydrogens is 279 g/mol. The van der Waals surface area contributed by atoms with Crippen molar-refractivity contribution < 1.29 is 30.7 Å². The zero-order chi connectivity index (χ0) is 12.8. The summed E-state index contributed by atoms with van der Waals surface area (Å²) < 4.78 is 36.3. The Morgan fingerprint density at radius 2 is 1.83 bits per heavy atom. The topological polar surface area (TPSA) is 33.1 Å². The molecule has 0 aliphatic rings. The van der Waals surface area contributed by atoms with Crippen LogP contribution in [0.25, 0.3) is 0 Å². The van der Waals surface area contributed by atoms with Crippen molar-refractivity contribution in [2.75, 3.05) is 0 Å². The van der Waals surface area contributed by atoms with Crippen molar-refractivity contribution in [3.05, 3.63) is 36.5 Å². The van der Waals surface area contributed by atoms with Crippen LogP contribution in [0.4, 0.5) is 13.2 Å². The van der Waals surface area contributed by atoms with Gasteiger partial charge in [0.25, 0.3) is 0 Å². The van der Waals surface area contributed by atoms with E-state index in [1.807, 2.05) is 0 Å². The van der Waals surface area contributed by atoms with E-state index in [9.17, 15) is 18.3 Å². The van der Waals surface area contributed by atoms with E-state index in [4.69, 9.17) is 0 Å². The predicted molar refractivity (Wildman–Crippen MR) is 61.3 cm³/mol. The van der Waals surface area contributed by atoms with Crippen molar-refractivity contribution >= 4 is 23.1 Å². The molecule has 1 atom stereocenters. The van der Waals surface area contributed by atoms with E-state index in [0.717, 1.165) is 12.3 Å². The van der Waals surface area contributed by atoms with Crippen molar-refractivity contribution in [2.24, 2.45) is 0 Å². The normalized spacial score (nSPS) is 11.3. The van der Waals surface area contributed by atoms with Crippen LogP contribution in [0.5, 0.6) is 0 Å². The summed E-state index contributed by atoms with van der Waals surface area (Å²) in [6.45, 7) is 6.73. The van der Waals surface area contributed by atoms with Gasteiger partial charge in [0, 0.05) is 6.20 Å². The largest absolute Gasteiger partial charge is 2.00 e. The fourth-order valence-corrected chi connectivity index (χ4v) is 0.979. The maximum atomic E-state index is 12.1. The first kappa shape index (κ1) is 23.1. The van der Waals surface area contributed by atoms with Crippen LogP contribution < -0.4 is 12.4 Å². The van der Waals surface area contributed by atoms with E-state index < -0.39 is 17.8 Å². The maximum Gasteiger partial charge on any atom is 2.00 e. The molecule has 0 aliphatic carbocycles. The van der Waals surface area contributed by atoms with Crippen LogP contribution in [0.15, 0.2) is 18.3 Å². The molecule has 0 radical (unpaired) electrons. The van der Waals surface area contributed by atoms with Gasteiger partial charge in [-0.1, -0.05) is 6.92 Å². The molecule has 7 heteroatoms. The van der Waals surface area contributed by atoms with E-state index in [1.54, 1.807) is 13.8 Å². The van der Waals surface area contributed by atoms with Gasteiger partial charge in [-0.3, -0.25) is 4.98 Å². The van der Waals surface area contributed by atoms with E-state index >= 15 is 0 Å². The minimum absolute atomic E-state index is 0. The van der Waals surface area contributed by atoms with Crippen LogP contribution >= 0.6 is 0 Å². The molecule has 1 rings (SSSR count). The van der Waals surface area contributed by atoms with Crippen molar-refractivity contribution in [1.29, 1.82) is 0 Å². The molecule has 1 heterocycles. The van der Waals surface area contributed by atoms with Crippen molar-refractivity contribution in [1.82, 2.24) is 4.98 Å². The number of aromatic nitrogens is 1. The average Bonchev–Trinajstić information content (AvgIpc) is 2.30. The fourth-order valence-electron chi connectivity index (χ4n) is 0.979. The second kappa shape index (κ2) is 10.8. The van der Waals surface area contributed by atoms with E-state index in [0.29, 0.717) is 6.42 Å². The molecule has 2 nitrogen and oxygen atoms in total. The van der Waals surface area contributed by atoms with Gasteiger partial charge in [-0.05, 0) is 18.6 Å². The predicted octanol–water partition coefficient (Wildman–Crippen LogP) is 0.00739. The third kappa shape index (κ3) is 7.40. The summed E-state index contributed by atoms with van der Waals surface area (Å²) in [5.41, 5.74) is -0.537. The Morgan fingerprint density at radius 1 is 1.33 bits per heavy atom. The number of hydrogen-bond acceptors (Lipinski definition) is 2. The molecule has 0 aromatic carbocycles. The summed E-state index contributed by atoms with van der Waals surface area (Å²) in [4.78, 5) is 3.55. The Hall–Kier alpha value is -0.0438. The zero-order valence-electron chi connectivity index (χ0n) is 10.3. The summed E-state index contributed by atoms with van der Waals surface area (Å²) in [7, 11) is 0. The van der Waals surface area contributed by atoms with Crippen LogP contribution in [0.3, 0.4) is 0 Å². The molecular formula is C11H15ClF3MgNO. The van der Waals surface area contributed by atoms with Crippen LogP contribution in [0.2, 0.25) is 0 Å². The molecule has 0 saturated heterocycles. The number of alkyl halides is 3. The number of pyridine rings is 1. The molecule has 1 aromatic rings. The molecule has 0 amide bonds. The van der Waals surface area contributed by atoms with E-state index in [-0.39, 0.29) is 41.2 Å². The first-order chi connectivity index (χ1) is 7.45. The van der Waals surface area contributed by atoms with Gasteiger partial charge >= 0.3 is 29.2 Å². The van der Waals surface area contributed by atoms with Gasteiger partial charge in [-0.2, -0.15) is 20.1 Å². The summed E-state index contributed by atoms with van der Waals surface area (Å²) in [5.74, 6) is 0. The second-order valence-corrected chi connectivity index (χ2v) is 2.89. The van der Waals surface area contributed by atoms with E-state index in [2.05, 4.69) is 11.9 Å². The number of aliphatic hydroxyl groups is 1. The number of aliphatic hydroxyl groups excluding tert-OH is 1. The summed E-state index contributed by atoms with van der Waals surface area (Å²) in [5, 5.41) is 9.28. The van der Waals surface area contributed by atoms with Gasteiger partial charge in [0.2, 0.25) is 0 Å². The van der Waals surface area contributed by atoms with Gasteiger partial charge in [-0.25, -0.2) is 0 Å². The molecule has 1 aromatic heterocycles. The monoisotopic (exact) mass is 293 g/mol. The Labute approximate surface area is 128 Å². The number of rotatable bonds is 2. The Kier molecular flexibility index (Phi) is 13.9. The van der Waals surface area contributed by atoms with Gasteiger partial charge in [0.05, 0.1) is 17.4 Å². The molecule has 0 fully saturated rings. The van der Waals surface area contributed by atoms with Gasteiger partial charge in [0.15, 0.2) is 0 Å². The quantitative estimate of drug-likeness (QED) is 0.615. The molecule has 0 spiro atoms. The van der Waals surface area contributed by atoms with Crippen molar-refractivity contribution in [3.8, 4) is 0 Å². The van der Waals surface area contributed by atoms with Crippen molar-refractivity contribution in [3.63, 3.8) is 0 Å². The summed E-state index contributed by atoms with van der Waals surface area (Å²) in [6, 6.07) is 2.11. The first-order valence-corrected chi connectivity index (χ1v) is 4.87. The maximum absolute atomic E-state index is 12.1. The molecule has 18 heavy (non-hydrogen) atoms. The zero-order valence-corrected chi connectivity index (χ0v) is 12.5. The number of hydrogen-bond donors (Lipinski definition) is 1. The molecule has 0 aliphatic heterocycles. The van der Waals surface area contributed by atoms with E-state index in [1.165, 1.54) is 6.07 Å². The average molecular weight is 294 g/mol. The minimum Gasteiger partial charge on any atom is -1.00 e. The van der Waals surface area contributed by atoms with Crippen LogP contribution in [0.1, 0.15) is 37.6 Å². The van der Waals surface area contributed by atoms with Crippen molar-refractivity contribution in [2.45, 2.75) is 32.5 Å². The summed E-state index contributed by atoms with van der Waals surface area (Å²) in [6.07, 6.45) is -4.01. The summed E-state index contributed by atoms with van der Waals surface area (Å²) >= 11 is 0. The SMILES string of the molecule is CCC(O)c1ccc(C(F)(F)F)cn1.[CH2-]C.[Cl-].[Mg+2]. The molecule has 0 saturated carbocycles. The van der Waals surface area contributed by atoms with Crippen LogP contribution in [-0.4, -0.2) is 33.1 Å². The fraction of sp³-hybridized carbons (Fsp3) is 0.455. The Morgan fingerprint density at radius 3 is 2.11 bits per heavy atom. The van der Waals surface area contributed by atoms with Gasteiger partial charge in [0.1, 0.15) is 0 Å². The van der Waals surface area contributed by atoms with Gasteiger partial charge < -0.3 is 24.4 Å². The molecule has 0 bridgehead atoms. The standard InChI is InChI=1S/C9H10F3NO.C2H5.ClH.Mg/c1-2-8(14)7-4-3-6(5-13-7)9(10,11)12;1-2;;/h3-5,8,14H,2H2,1H3;1H2,2H3;1H;/q;-1;;+2/p-1. The minimum atomic E-state index is -4.37. The third-order valence-corrected chi connectivity index (χ3v) is 1.84. The second-order valence-electron chi connectivity index (χ2n) is 2.89. The molecule has 100 valence electrons. The van der Waals surface area contributed by atoms with Crippen LogP contribution in [-0.2, 0) is 6.18 Å². The smallest absolute Gasteiger partial charge is 1.00 e. The molecule has 1 N–H and O–H groups in total. The first-order valence-electron chi connectivity index (χ1n) is 4.87.